The standard InChI is InChI=1S/C24H35N3O3/c1-6-9-10-19-11-13-20(14-12-19)24(29)27(18(5)8-3)15-22-26-21(16-30-22)23(28)25-17(4)7-2/h11-14,16-18H,6-10,15H2,1-5H3,(H,25,28). The number of hydrogen-bond donors (Lipinski definition) is 1. The van der Waals surface area contributed by atoms with Crippen molar-refractivity contribution in [2.45, 2.75) is 85.4 Å². The molecule has 30 heavy (non-hydrogen) atoms. The van der Waals surface area contributed by atoms with Crippen molar-refractivity contribution in [3.8, 4) is 0 Å². The van der Waals surface area contributed by atoms with Crippen LogP contribution in [0.15, 0.2) is 34.9 Å². The van der Waals surface area contributed by atoms with Gasteiger partial charge in [-0.25, -0.2) is 4.98 Å². The van der Waals surface area contributed by atoms with Crippen molar-refractivity contribution in [3.05, 3.63) is 53.2 Å². The van der Waals surface area contributed by atoms with E-state index in [1.807, 2.05) is 52.0 Å². The second-order valence-electron chi connectivity index (χ2n) is 7.90. The highest BCUT2D eigenvalue weighted by atomic mass is 16.3. The molecule has 0 saturated carbocycles. The zero-order valence-corrected chi connectivity index (χ0v) is 18.9. The molecule has 1 heterocycles. The number of unbranched alkanes of at least 4 members (excludes halogenated alkanes) is 1. The highest BCUT2D eigenvalue weighted by molar-refractivity contribution is 5.94. The molecule has 1 aromatic heterocycles. The number of aryl methyl sites for hydroxylation is 1. The van der Waals surface area contributed by atoms with Crippen LogP contribution in [0.25, 0.3) is 0 Å². The second-order valence-corrected chi connectivity index (χ2v) is 7.90. The number of hydrogen-bond acceptors (Lipinski definition) is 4. The van der Waals surface area contributed by atoms with Gasteiger partial charge in [0, 0.05) is 17.6 Å². The summed E-state index contributed by atoms with van der Waals surface area (Å²) in [6.07, 6.45) is 6.32. The maximum atomic E-state index is 13.2. The van der Waals surface area contributed by atoms with Crippen molar-refractivity contribution < 1.29 is 14.0 Å². The van der Waals surface area contributed by atoms with Crippen molar-refractivity contribution in [2.24, 2.45) is 0 Å². The molecule has 0 fully saturated rings. The van der Waals surface area contributed by atoms with Crippen molar-refractivity contribution in [1.82, 2.24) is 15.2 Å². The van der Waals surface area contributed by atoms with Gasteiger partial charge in [-0.15, -0.1) is 0 Å². The van der Waals surface area contributed by atoms with Gasteiger partial charge < -0.3 is 14.6 Å². The van der Waals surface area contributed by atoms with Gasteiger partial charge in [0.15, 0.2) is 5.69 Å². The van der Waals surface area contributed by atoms with Gasteiger partial charge in [0.1, 0.15) is 6.26 Å². The van der Waals surface area contributed by atoms with E-state index in [4.69, 9.17) is 4.42 Å². The van der Waals surface area contributed by atoms with E-state index in [1.165, 1.54) is 11.8 Å². The largest absolute Gasteiger partial charge is 0.446 e. The minimum Gasteiger partial charge on any atom is -0.446 e. The number of aromatic nitrogens is 1. The Balaban J connectivity index is 2.13. The maximum Gasteiger partial charge on any atom is 0.273 e. The quantitative estimate of drug-likeness (QED) is 0.563. The molecule has 0 aliphatic heterocycles. The van der Waals surface area contributed by atoms with E-state index in [2.05, 4.69) is 17.2 Å². The summed E-state index contributed by atoms with van der Waals surface area (Å²) in [5, 5.41) is 2.87. The lowest BCUT2D eigenvalue weighted by atomic mass is 10.1. The van der Waals surface area contributed by atoms with Crippen LogP contribution < -0.4 is 5.32 Å². The molecule has 6 heteroatoms. The summed E-state index contributed by atoms with van der Waals surface area (Å²) in [4.78, 5) is 31.5. The van der Waals surface area contributed by atoms with Gasteiger partial charge in [0.25, 0.3) is 11.8 Å². The molecule has 0 aliphatic carbocycles. The van der Waals surface area contributed by atoms with Crippen LogP contribution in [-0.4, -0.2) is 33.8 Å². The molecule has 6 nitrogen and oxygen atoms in total. The predicted octanol–water partition coefficient (Wildman–Crippen LogP) is 4.99. The highest BCUT2D eigenvalue weighted by Crippen LogP contribution is 2.17. The van der Waals surface area contributed by atoms with E-state index in [9.17, 15) is 9.59 Å². The Morgan fingerprint density at radius 2 is 1.80 bits per heavy atom. The lowest BCUT2D eigenvalue weighted by molar-refractivity contribution is 0.0652. The lowest BCUT2D eigenvalue weighted by Crippen LogP contribution is -2.38. The zero-order chi connectivity index (χ0) is 22.1. The van der Waals surface area contributed by atoms with Crippen LogP contribution in [0, 0.1) is 0 Å². The summed E-state index contributed by atoms with van der Waals surface area (Å²) in [5.74, 6) is 0.0381. The molecule has 1 N–H and O–H groups in total. The van der Waals surface area contributed by atoms with E-state index in [1.54, 1.807) is 4.90 Å². The topological polar surface area (TPSA) is 75.4 Å². The molecule has 0 spiro atoms. The summed E-state index contributed by atoms with van der Waals surface area (Å²) in [7, 11) is 0. The smallest absolute Gasteiger partial charge is 0.273 e. The Morgan fingerprint density at radius 1 is 1.10 bits per heavy atom. The Kier molecular flexibility index (Phi) is 9.09. The first kappa shape index (κ1) is 23.6. The van der Waals surface area contributed by atoms with Gasteiger partial charge in [0.05, 0.1) is 6.54 Å². The number of amides is 2. The molecule has 0 saturated heterocycles. The Morgan fingerprint density at radius 3 is 2.40 bits per heavy atom. The molecule has 0 aliphatic rings. The number of benzene rings is 1. The lowest BCUT2D eigenvalue weighted by Gasteiger charge is -2.27. The first-order valence-corrected chi connectivity index (χ1v) is 11.0. The average Bonchev–Trinajstić information content (AvgIpc) is 3.24. The summed E-state index contributed by atoms with van der Waals surface area (Å²) >= 11 is 0. The van der Waals surface area contributed by atoms with E-state index in [-0.39, 0.29) is 36.1 Å². The van der Waals surface area contributed by atoms with Gasteiger partial charge in [-0.1, -0.05) is 39.3 Å². The van der Waals surface area contributed by atoms with Gasteiger partial charge in [-0.2, -0.15) is 0 Å². The molecule has 2 aromatic rings. The van der Waals surface area contributed by atoms with Gasteiger partial charge in [-0.05, 0) is 57.2 Å². The molecule has 2 unspecified atom stereocenters. The highest BCUT2D eigenvalue weighted by Gasteiger charge is 2.24. The number of oxazole rings is 1. The molecule has 1 aromatic carbocycles. The van der Waals surface area contributed by atoms with Crippen LogP contribution >= 0.6 is 0 Å². The summed E-state index contributed by atoms with van der Waals surface area (Å²) in [6.45, 7) is 10.4. The fraction of sp³-hybridized carbons (Fsp3) is 0.542. The van der Waals surface area contributed by atoms with Crippen molar-refractivity contribution in [2.75, 3.05) is 0 Å². The Hall–Kier alpha value is -2.63. The molecule has 0 bridgehead atoms. The van der Waals surface area contributed by atoms with Crippen molar-refractivity contribution in [3.63, 3.8) is 0 Å². The minimum atomic E-state index is -0.261. The van der Waals surface area contributed by atoms with Crippen LogP contribution in [-0.2, 0) is 13.0 Å². The number of carbonyl (C=O) groups excluding carboxylic acids is 2. The predicted molar refractivity (Wildman–Crippen MR) is 118 cm³/mol. The summed E-state index contributed by atoms with van der Waals surface area (Å²) in [6, 6.07) is 7.92. The van der Waals surface area contributed by atoms with Crippen LogP contribution in [0.5, 0.6) is 0 Å². The molecule has 0 radical (unpaired) electrons. The van der Waals surface area contributed by atoms with Gasteiger partial charge in [-0.3, -0.25) is 9.59 Å². The molecular formula is C24H35N3O3. The second kappa shape index (κ2) is 11.5. The number of carbonyl (C=O) groups is 2. The maximum absolute atomic E-state index is 13.2. The number of rotatable bonds is 11. The number of nitrogens with zero attached hydrogens (tertiary/aromatic N) is 2. The Labute approximate surface area is 180 Å². The van der Waals surface area contributed by atoms with Crippen LogP contribution in [0.1, 0.15) is 92.6 Å². The minimum absolute atomic E-state index is 0.0153. The van der Waals surface area contributed by atoms with Gasteiger partial charge in [0.2, 0.25) is 5.89 Å². The van der Waals surface area contributed by atoms with Gasteiger partial charge >= 0.3 is 0 Å². The van der Waals surface area contributed by atoms with Crippen LogP contribution in [0.3, 0.4) is 0 Å². The average molecular weight is 414 g/mol. The third-order valence-electron chi connectivity index (χ3n) is 5.48. The van der Waals surface area contributed by atoms with Crippen molar-refractivity contribution >= 4 is 11.8 Å². The summed E-state index contributed by atoms with van der Waals surface area (Å²) < 4.78 is 5.51. The SMILES string of the molecule is CCCCc1ccc(C(=O)N(Cc2nc(C(=O)NC(C)CC)co2)C(C)CC)cc1. The van der Waals surface area contributed by atoms with E-state index in [0.29, 0.717) is 11.5 Å². The summed E-state index contributed by atoms with van der Waals surface area (Å²) in [5.41, 5.74) is 2.13. The van der Waals surface area contributed by atoms with Crippen LogP contribution in [0.2, 0.25) is 0 Å². The fourth-order valence-corrected chi connectivity index (χ4v) is 3.04. The molecule has 2 atom stereocenters. The van der Waals surface area contributed by atoms with Crippen LogP contribution in [0.4, 0.5) is 0 Å². The third-order valence-corrected chi connectivity index (χ3v) is 5.48. The van der Waals surface area contributed by atoms with E-state index in [0.717, 1.165) is 32.1 Å². The Bertz CT molecular complexity index is 813. The monoisotopic (exact) mass is 413 g/mol. The first-order valence-electron chi connectivity index (χ1n) is 11.0. The van der Waals surface area contributed by atoms with Crippen molar-refractivity contribution in [1.29, 1.82) is 0 Å². The van der Waals surface area contributed by atoms with E-state index < -0.39 is 0 Å². The zero-order valence-electron chi connectivity index (χ0n) is 18.9. The molecular weight excluding hydrogens is 378 g/mol. The van der Waals surface area contributed by atoms with E-state index >= 15 is 0 Å². The first-order chi connectivity index (χ1) is 14.4. The number of nitrogens with one attached hydrogen (secondary N) is 1. The normalized spacial score (nSPS) is 13.0. The fourth-order valence-electron chi connectivity index (χ4n) is 3.04. The molecule has 2 rings (SSSR count). The molecule has 2 amide bonds. The molecule has 164 valence electrons. The third kappa shape index (κ3) is 6.44.